The highest BCUT2D eigenvalue weighted by atomic mass is 16.5. The van der Waals surface area contributed by atoms with Gasteiger partial charge in [-0.05, 0) is 39.2 Å². The van der Waals surface area contributed by atoms with E-state index in [0.29, 0.717) is 0 Å². The van der Waals surface area contributed by atoms with E-state index in [2.05, 4.69) is 11.8 Å². The minimum Gasteiger partial charge on any atom is -0.381 e. The van der Waals surface area contributed by atoms with Gasteiger partial charge >= 0.3 is 0 Å². The van der Waals surface area contributed by atoms with Gasteiger partial charge in [0.2, 0.25) is 0 Å². The van der Waals surface area contributed by atoms with Gasteiger partial charge in [-0.1, -0.05) is 6.42 Å². The van der Waals surface area contributed by atoms with Crippen LogP contribution in [-0.4, -0.2) is 36.7 Å². The van der Waals surface area contributed by atoms with Gasteiger partial charge in [0.1, 0.15) is 0 Å². The molecule has 2 nitrogen and oxygen atoms in total. The lowest BCUT2D eigenvalue weighted by atomic mass is 9.98. The van der Waals surface area contributed by atoms with Crippen molar-refractivity contribution in [3.8, 4) is 0 Å². The first-order valence-electron chi connectivity index (χ1n) is 5.71. The molecule has 13 heavy (non-hydrogen) atoms. The van der Waals surface area contributed by atoms with Crippen molar-refractivity contribution in [3.05, 3.63) is 0 Å². The fraction of sp³-hybridized carbons (Fsp3) is 1.00. The first-order valence-corrected chi connectivity index (χ1v) is 5.71. The SMILES string of the molecule is CC1CCCCN1C1CCOCC1. The number of hydrogen-bond donors (Lipinski definition) is 0. The Kier molecular flexibility index (Phi) is 3.23. The lowest BCUT2D eigenvalue weighted by molar-refractivity contribution is 0.00885. The molecule has 1 unspecified atom stereocenters. The quantitative estimate of drug-likeness (QED) is 0.617. The molecule has 2 fully saturated rings. The molecular formula is C11H21NO. The van der Waals surface area contributed by atoms with Crippen molar-refractivity contribution in [2.45, 2.75) is 51.1 Å². The Bertz CT molecular complexity index is 154. The van der Waals surface area contributed by atoms with Crippen LogP contribution in [0, 0.1) is 0 Å². The average molecular weight is 183 g/mol. The van der Waals surface area contributed by atoms with E-state index in [1.165, 1.54) is 38.6 Å². The maximum atomic E-state index is 5.40. The molecule has 0 spiro atoms. The highest BCUT2D eigenvalue weighted by Crippen LogP contribution is 2.23. The molecule has 2 heterocycles. The van der Waals surface area contributed by atoms with Crippen LogP contribution in [0.5, 0.6) is 0 Å². The van der Waals surface area contributed by atoms with Crippen LogP contribution >= 0.6 is 0 Å². The van der Waals surface area contributed by atoms with Crippen LogP contribution in [0.15, 0.2) is 0 Å². The first kappa shape index (κ1) is 9.47. The van der Waals surface area contributed by atoms with E-state index in [4.69, 9.17) is 4.74 Å². The highest BCUT2D eigenvalue weighted by molar-refractivity contribution is 4.81. The molecule has 0 aromatic carbocycles. The zero-order chi connectivity index (χ0) is 9.10. The second-order valence-electron chi connectivity index (χ2n) is 4.43. The smallest absolute Gasteiger partial charge is 0.0480 e. The normalized spacial score (nSPS) is 33.5. The van der Waals surface area contributed by atoms with Crippen molar-refractivity contribution in [1.29, 1.82) is 0 Å². The van der Waals surface area contributed by atoms with E-state index in [1.807, 2.05) is 0 Å². The predicted octanol–water partition coefficient (Wildman–Crippen LogP) is 2.04. The van der Waals surface area contributed by atoms with Gasteiger partial charge in [-0.3, -0.25) is 4.90 Å². The van der Waals surface area contributed by atoms with Gasteiger partial charge in [0, 0.05) is 25.3 Å². The minimum absolute atomic E-state index is 0.817. The molecule has 2 aliphatic heterocycles. The monoisotopic (exact) mass is 183 g/mol. The standard InChI is InChI=1S/C11H21NO/c1-10-4-2-3-7-12(10)11-5-8-13-9-6-11/h10-11H,2-9H2,1H3. The summed E-state index contributed by atoms with van der Waals surface area (Å²) in [6, 6.07) is 1.64. The third kappa shape index (κ3) is 2.23. The number of piperidine rings is 1. The zero-order valence-electron chi connectivity index (χ0n) is 8.67. The average Bonchev–Trinajstić information content (AvgIpc) is 2.20. The molecule has 0 amide bonds. The van der Waals surface area contributed by atoms with Gasteiger partial charge < -0.3 is 4.74 Å². The van der Waals surface area contributed by atoms with Gasteiger partial charge in [0.15, 0.2) is 0 Å². The van der Waals surface area contributed by atoms with E-state index in [9.17, 15) is 0 Å². The molecule has 0 aromatic heterocycles. The fourth-order valence-corrected chi connectivity index (χ4v) is 2.68. The molecule has 0 aromatic rings. The summed E-state index contributed by atoms with van der Waals surface area (Å²) in [6.07, 6.45) is 6.74. The third-order valence-corrected chi connectivity index (χ3v) is 3.51. The molecule has 2 saturated heterocycles. The highest BCUT2D eigenvalue weighted by Gasteiger charge is 2.26. The molecule has 2 rings (SSSR count). The number of likely N-dealkylation sites (tertiary alicyclic amines) is 1. The fourth-order valence-electron chi connectivity index (χ4n) is 2.68. The molecule has 0 aliphatic carbocycles. The topological polar surface area (TPSA) is 12.5 Å². The maximum absolute atomic E-state index is 5.40. The summed E-state index contributed by atoms with van der Waals surface area (Å²) in [5.41, 5.74) is 0. The Morgan fingerprint density at radius 2 is 1.85 bits per heavy atom. The third-order valence-electron chi connectivity index (χ3n) is 3.51. The number of rotatable bonds is 1. The molecule has 76 valence electrons. The summed E-state index contributed by atoms with van der Waals surface area (Å²) < 4.78 is 5.40. The van der Waals surface area contributed by atoms with Crippen LogP contribution in [0.25, 0.3) is 0 Å². The number of ether oxygens (including phenoxy) is 1. The van der Waals surface area contributed by atoms with Gasteiger partial charge in [0.25, 0.3) is 0 Å². The summed E-state index contributed by atoms with van der Waals surface area (Å²) in [4.78, 5) is 2.71. The van der Waals surface area contributed by atoms with E-state index in [0.717, 1.165) is 25.3 Å². The molecule has 0 N–H and O–H groups in total. The lowest BCUT2D eigenvalue weighted by Gasteiger charge is -2.41. The van der Waals surface area contributed by atoms with Crippen molar-refractivity contribution in [3.63, 3.8) is 0 Å². The predicted molar refractivity (Wildman–Crippen MR) is 53.9 cm³/mol. The van der Waals surface area contributed by atoms with E-state index >= 15 is 0 Å². The second kappa shape index (κ2) is 4.43. The molecule has 2 heteroatoms. The Hall–Kier alpha value is -0.0800. The summed E-state index contributed by atoms with van der Waals surface area (Å²) >= 11 is 0. The van der Waals surface area contributed by atoms with Crippen LogP contribution in [-0.2, 0) is 4.74 Å². The Morgan fingerprint density at radius 3 is 2.54 bits per heavy atom. The van der Waals surface area contributed by atoms with E-state index < -0.39 is 0 Å². The first-order chi connectivity index (χ1) is 6.38. The van der Waals surface area contributed by atoms with Crippen LogP contribution in [0.3, 0.4) is 0 Å². The molecular weight excluding hydrogens is 162 g/mol. The van der Waals surface area contributed by atoms with Crippen LogP contribution in [0.4, 0.5) is 0 Å². The molecule has 2 aliphatic rings. The van der Waals surface area contributed by atoms with Gasteiger partial charge in [-0.25, -0.2) is 0 Å². The van der Waals surface area contributed by atoms with Crippen molar-refractivity contribution in [2.24, 2.45) is 0 Å². The molecule has 1 atom stereocenters. The molecule has 0 saturated carbocycles. The van der Waals surface area contributed by atoms with Gasteiger partial charge in [-0.15, -0.1) is 0 Å². The Morgan fingerprint density at radius 1 is 1.08 bits per heavy atom. The number of nitrogens with zero attached hydrogens (tertiary/aromatic N) is 1. The molecule has 0 bridgehead atoms. The number of hydrogen-bond acceptors (Lipinski definition) is 2. The minimum atomic E-state index is 0.817. The van der Waals surface area contributed by atoms with Gasteiger partial charge in [-0.2, -0.15) is 0 Å². The van der Waals surface area contributed by atoms with Crippen LogP contribution in [0.2, 0.25) is 0 Å². The second-order valence-corrected chi connectivity index (χ2v) is 4.43. The summed E-state index contributed by atoms with van der Waals surface area (Å²) in [5.74, 6) is 0. The van der Waals surface area contributed by atoms with Gasteiger partial charge in [0.05, 0.1) is 0 Å². The molecule has 0 radical (unpaired) electrons. The van der Waals surface area contributed by atoms with E-state index in [-0.39, 0.29) is 0 Å². The lowest BCUT2D eigenvalue weighted by Crippen LogP contribution is -2.47. The van der Waals surface area contributed by atoms with Crippen molar-refractivity contribution >= 4 is 0 Å². The zero-order valence-corrected chi connectivity index (χ0v) is 8.67. The van der Waals surface area contributed by atoms with Crippen molar-refractivity contribution < 1.29 is 4.74 Å². The Balaban J connectivity index is 1.88. The maximum Gasteiger partial charge on any atom is 0.0480 e. The van der Waals surface area contributed by atoms with Crippen LogP contribution < -0.4 is 0 Å². The largest absolute Gasteiger partial charge is 0.381 e. The van der Waals surface area contributed by atoms with Crippen molar-refractivity contribution in [2.75, 3.05) is 19.8 Å². The Labute approximate surface area is 81.3 Å². The van der Waals surface area contributed by atoms with E-state index in [1.54, 1.807) is 0 Å². The summed E-state index contributed by atoms with van der Waals surface area (Å²) in [6.45, 7) is 5.67. The summed E-state index contributed by atoms with van der Waals surface area (Å²) in [5, 5.41) is 0. The van der Waals surface area contributed by atoms with Crippen molar-refractivity contribution in [1.82, 2.24) is 4.90 Å². The van der Waals surface area contributed by atoms with Crippen LogP contribution in [0.1, 0.15) is 39.0 Å². The summed E-state index contributed by atoms with van der Waals surface area (Å²) in [7, 11) is 0.